The van der Waals surface area contributed by atoms with Gasteiger partial charge >= 0.3 is 0 Å². The normalized spacial score (nSPS) is 17.4. The summed E-state index contributed by atoms with van der Waals surface area (Å²) >= 11 is 0. The van der Waals surface area contributed by atoms with Crippen molar-refractivity contribution in [2.45, 2.75) is 13.8 Å². The summed E-state index contributed by atoms with van der Waals surface area (Å²) in [7, 11) is 2.06. The number of hydrogen-bond acceptors (Lipinski definition) is 6. The number of nitrogens with one attached hydrogen (secondary N) is 1. The molecule has 104 valence electrons. The van der Waals surface area contributed by atoms with Crippen molar-refractivity contribution in [3.05, 3.63) is 27.6 Å². The average Bonchev–Trinajstić information content (AvgIpc) is 2.30. The van der Waals surface area contributed by atoms with E-state index in [9.17, 15) is 9.59 Å². The Labute approximate surface area is 112 Å². The molecular weight excluding hydrogens is 246 g/mol. The number of aryl methyl sites for hydroxylation is 1. The fourth-order valence-corrected chi connectivity index (χ4v) is 2.08. The molecule has 1 saturated heterocycles. The number of ketones is 1. The Bertz CT molecular complexity index is 530. The molecule has 0 saturated carbocycles. The minimum absolute atomic E-state index is 0.0875. The topological polar surface area (TPSA) is 65.8 Å². The van der Waals surface area contributed by atoms with E-state index in [0.717, 1.165) is 26.2 Å². The van der Waals surface area contributed by atoms with Crippen LogP contribution in [0.25, 0.3) is 0 Å². The summed E-state index contributed by atoms with van der Waals surface area (Å²) < 4.78 is 5.49. The summed E-state index contributed by atoms with van der Waals surface area (Å²) in [6, 6.07) is 1.34. The van der Waals surface area contributed by atoms with E-state index in [4.69, 9.17) is 4.42 Å². The number of rotatable bonds is 3. The van der Waals surface area contributed by atoms with Crippen LogP contribution in [-0.4, -0.2) is 48.9 Å². The van der Waals surface area contributed by atoms with Gasteiger partial charge in [-0.1, -0.05) is 0 Å². The third kappa shape index (κ3) is 3.21. The van der Waals surface area contributed by atoms with Crippen LogP contribution in [0.15, 0.2) is 15.3 Å². The van der Waals surface area contributed by atoms with Crippen molar-refractivity contribution >= 4 is 11.7 Å². The Morgan fingerprint density at radius 1 is 1.32 bits per heavy atom. The molecular formula is C13H19N3O3. The zero-order valence-corrected chi connectivity index (χ0v) is 11.5. The van der Waals surface area contributed by atoms with Gasteiger partial charge in [0.25, 0.3) is 0 Å². The summed E-state index contributed by atoms with van der Waals surface area (Å²) in [6.07, 6.45) is 0. The molecule has 1 aromatic heterocycles. The molecule has 0 atom stereocenters. The minimum Gasteiger partial charge on any atom is -0.444 e. The highest BCUT2D eigenvalue weighted by Crippen LogP contribution is 2.16. The predicted molar refractivity (Wildman–Crippen MR) is 72.4 cm³/mol. The van der Waals surface area contributed by atoms with Crippen LogP contribution >= 0.6 is 0 Å². The molecule has 0 aliphatic carbocycles. The van der Waals surface area contributed by atoms with Gasteiger partial charge in [-0.05, 0) is 20.9 Å². The van der Waals surface area contributed by atoms with Crippen molar-refractivity contribution < 1.29 is 9.21 Å². The van der Waals surface area contributed by atoms with E-state index >= 15 is 0 Å². The molecule has 1 fully saturated rings. The van der Waals surface area contributed by atoms with E-state index in [2.05, 4.69) is 17.4 Å². The lowest BCUT2D eigenvalue weighted by molar-refractivity contribution is 0.101. The average molecular weight is 265 g/mol. The Morgan fingerprint density at radius 3 is 2.53 bits per heavy atom. The molecule has 19 heavy (non-hydrogen) atoms. The van der Waals surface area contributed by atoms with Crippen LogP contribution in [-0.2, 0) is 0 Å². The van der Waals surface area contributed by atoms with Gasteiger partial charge in [-0.2, -0.15) is 0 Å². The number of hydrogen-bond donors (Lipinski definition) is 1. The molecule has 0 amide bonds. The smallest absolute Gasteiger partial charge is 0.222 e. The van der Waals surface area contributed by atoms with Crippen LogP contribution in [0, 0.1) is 6.92 Å². The minimum atomic E-state index is -0.298. The fraction of sp³-hybridized carbons (Fsp3) is 0.538. The molecule has 2 heterocycles. The molecule has 1 aromatic rings. The van der Waals surface area contributed by atoms with Gasteiger partial charge in [0, 0.05) is 32.2 Å². The Morgan fingerprint density at radius 2 is 1.95 bits per heavy atom. The van der Waals surface area contributed by atoms with Crippen molar-refractivity contribution in [2.75, 3.05) is 38.7 Å². The number of Topliss-reactive ketones (excluding diaryl/α,β-unsaturated/α-hetero) is 1. The lowest BCUT2D eigenvalue weighted by Crippen LogP contribution is -2.47. The summed E-state index contributed by atoms with van der Waals surface area (Å²) in [5.74, 6) is 0.457. The second-order valence-electron chi connectivity index (χ2n) is 4.88. The van der Waals surface area contributed by atoms with Gasteiger partial charge in [0.15, 0.2) is 11.2 Å². The zero-order valence-electron chi connectivity index (χ0n) is 11.5. The standard InChI is InChI=1S/C13H19N3O3/c1-9-8-11(18)12(10(2)17)13(19-9)14-16-6-4-15(3)5-7-16/h8,14H,4-7H2,1-3H3. The lowest BCUT2D eigenvalue weighted by Gasteiger charge is -2.32. The van der Waals surface area contributed by atoms with Gasteiger partial charge in [0.05, 0.1) is 0 Å². The van der Waals surface area contributed by atoms with E-state index in [1.165, 1.54) is 13.0 Å². The molecule has 6 heteroatoms. The third-order valence-electron chi connectivity index (χ3n) is 3.19. The van der Waals surface area contributed by atoms with Crippen molar-refractivity contribution in [3.63, 3.8) is 0 Å². The number of piperazine rings is 1. The van der Waals surface area contributed by atoms with E-state index in [-0.39, 0.29) is 22.7 Å². The molecule has 0 radical (unpaired) electrons. The monoisotopic (exact) mass is 265 g/mol. The lowest BCUT2D eigenvalue weighted by atomic mass is 10.2. The molecule has 0 bridgehead atoms. The Hall–Kier alpha value is -1.66. The summed E-state index contributed by atoms with van der Waals surface area (Å²) in [5, 5.41) is 1.96. The van der Waals surface area contributed by atoms with Gasteiger partial charge in [0.2, 0.25) is 5.88 Å². The first-order chi connectivity index (χ1) is 8.97. The van der Waals surface area contributed by atoms with Crippen LogP contribution in [0.3, 0.4) is 0 Å². The van der Waals surface area contributed by atoms with Crippen LogP contribution in [0.5, 0.6) is 0 Å². The molecule has 0 unspecified atom stereocenters. The molecule has 1 aliphatic rings. The highest BCUT2D eigenvalue weighted by molar-refractivity contribution is 5.98. The first kappa shape index (κ1) is 13.8. The van der Waals surface area contributed by atoms with Crippen LogP contribution in [0.4, 0.5) is 5.88 Å². The SMILES string of the molecule is CC(=O)c1c(NN2CCN(C)CC2)oc(C)cc1=O. The molecule has 0 aromatic carbocycles. The summed E-state index contributed by atoms with van der Waals surface area (Å²) in [5.41, 5.74) is 2.84. The zero-order chi connectivity index (χ0) is 14.0. The first-order valence-corrected chi connectivity index (χ1v) is 6.33. The van der Waals surface area contributed by atoms with E-state index < -0.39 is 0 Å². The number of hydrazine groups is 1. The number of likely N-dealkylation sites (N-methyl/N-ethyl adjacent to an activating group) is 1. The van der Waals surface area contributed by atoms with Crippen molar-refractivity contribution in [1.29, 1.82) is 0 Å². The molecule has 0 spiro atoms. The van der Waals surface area contributed by atoms with Crippen molar-refractivity contribution in [1.82, 2.24) is 9.91 Å². The van der Waals surface area contributed by atoms with Crippen LogP contribution < -0.4 is 10.9 Å². The maximum Gasteiger partial charge on any atom is 0.222 e. The predicted octanol–water partition coefficient (Wildman–Crippen LogP) is 0.725. The fourth-order valence-electron chi connectivity index (χ4n) is 2.08. The number of carbonyl (C=O) groups is 1. The Kier molecular flexibility index (Phi) is 4.01. The largest absolute Gasteiger partial charge is 0.444 e. The number of nitrogens with zero attached hydrogens (tertiary/aromatic N) is 2. The first-order valence-electron chi connectivity index (χ1n) is 6.33. The van der Waals surface area contributed by atoms with Crippen molar-refractivity contribution in [2.24, 2.45) is 0 Å². The van der Waals surface area contributed by atoms with Gasteiger partial charge in [0.1, 0.15) is 11.3 Å². The van der Waals surface area contributed by atoms with Gasteiger partial charge in [-0.25, -0.2) is 5.01 Å². The second kappa shape index (κ2) is 5.54. The number of anilines is 1. The van der Waals surface area contributed by atoms with Crippen LogP contribution in [0.2, 0.25) is 0 Å². The highest BCUT2D eigenvalue weighted by Gasteiger charge is 2.19. The maximum absolute atomic E-state index is 11.8. The Balaban J connectivity index is 2.24. The summed E-state index contributed by atoms with van der Waals surface area (Å²) in [6.45, 7) is 6.55. The maximum atomic E-state index is 11.8. The van der Waals surface area contributed by atoms with E-state index in [1.807, 2.05) is 5.01 Å². The van der Waals surface area contributed by atoms with Gasteiger partial charge in [-0.15, -0.1) is 0 Å². The quantitative estimate of drug-likeness (QED) is 0.813. The highest BCUT2D eigenvalue weighted by atomic mass is 16.4. The van der Waals surface area contributed by atoms with Gasteiger partial charge < -0.3 is 9.32 Å². The molecule has 1 N–H and O–H groups in total. The second-order valence-corrected chi connectivity index (χ2v) is 4.88. The summed E-state index contributed by atoms with van der Waals surface area (Å²) in [4.78, 5) is 25.6. The molecule has 1 aliphatic heterocycles. The van der Waals surface area contributed by atoms with E-state index in [0.29, 0.717) is 5.76 Å². The van der Waals surface area contributed by atoms with Crippen LogP contribution in [0.1, 0.15) is 23.0 Å². The molecule has 2 rings (SSSR count). The number of carbonyl (C=O) groups excluding carboxylic acids is 1. The third-order valence-corrected chi connectivity index (χ3v) is 3.19. The van der Waals surface area contributed by atoms with Gasteiger partial charge in [-0.3, -0.25) is 15.0 Å². The van der Waals surface area contributed by atoms with Crippen molar-refractivity contribution in [3.8, 4) is 0 Å². The van der Waals surface area contributed by atoms with E-state index in [1.54, 1.807) is 6.92 Å². The molecule has 6 nitrogen and oxygen atoms in total.